The summed E-state index contributed by atoms with van der Waals surface area (Å²) < 4.78 is 13.6. The van der Waals surface area contributed by atoms with E-state index in [9.17, 15) is 14.0 Å². The van der Waals surface area contributed by atoms with E-state index in [1.807, 2.05) is 0 Å². The molecule has 0 aromatic heterocycles. The fourth-order valence-corrected chi connectivity index (χ4v) is 1.92. The van der Waals surface area contributed by atoms with E-state index in [2.05, 4.69) is 5.32 Å². The molecule has 18 heavy (non-hydrogen) atoms. The van der Waals surface area contributed by atoms with Crippen molar-refractivity contribution in [2.24, 2.45) is 0 Å². The maximum Gasteiger partial charge on any atom is 0.242 e. The van der Waals surface area contributed by atoms with Gasteiger partial charge in [0.2, 0.25) is 11.8 Å². The van der Waals surface area contributed by atoms with E-state index < -0.39 is 5.82 Å². The lowest BCUT2D eigenvalue weighted by atomic mass is 10.2. The summed E-state index contributed by atoms with van der Waals surface area (Å²) in [7, 11) is 0. The molecule has 1 aromatic carbocycles. The van der Waals surface area contributed by atoms with Gasteiger partial charge in [-0.25, -0.2) is 4.39 Å². The van der Waals surface area contributed by atoms with Crippen molar-refractivity contribution in [3.63, 3.8) is 0 Å². The van der Waals surface area contributed by atoms with Gasteiger partial charge in [0.05, 0.1) is 6.54 Å². The molecule has 96 valence electrons. The highest BCUT2D eigenvalue weighted by Crippen LogP contribution is 2.16. The van der Waals surface area contributed by atoms with Crippen molar-refractivity contribution >= 4 is 23.4 Å². The van der Waals surface area contributed by atoms with Crippen LogP contribution in [0, 0.1) is 5.82 Å². The Morgan fingerprint density at radius 3 is 2.89 bits per heavy atom. The minimum atomic E-state index is -0.446. The highest BCUT2D eigenvalue weighted by Gasteiger charge is 2.20. The second-order valence-electron chi connectivity index (χ2n) is 4.08. The molecule has 1 heterocycles. The summed E-state index contributed by atoms with van der Waals surface area (Å²) in [5.74, 6) is -0.823. The molecule has 0 atom stereocenters. The first kappa shape index (κ1) is 12.8. The molecule has 0 bridgehead atoms. The minimum Gasteiger partial charge on any atom is -0.347 e. The summed E-state index contributed by atoms with van der Waals surface area (Å²) in [6.07, 6.45) is 0.237. The van der Waals surface area contributed by atoms with Gasteiger partial charge in [-0.05, 0) is 12.1 Å². The van der Waals surface area contributed by atoms with Crippen molar-refractivity contribution in [2.45, 2.75) is 13.0 Å². The summed E-state index contributed by atoms with van der Waals surface area (Å²) in [6.45, 7) is 0.414. The van der Waals surface area contributed by atoms with Gasteiger partial charge in [-0.15, -0.1) is 0 Å². The third kappa shape index (κ3) is 2.98. The summed E-state index contributed by atoms with van der Waals surface area (Å²) in [5.41, 5.74) is 0.391. The molecule has 2 amide bonds. The monoisotopic (exact) mass is 270 g/mol. The van der Waals surface area contributed by atoms with Crippen molar-refractivity contribution in [3.05, 3.63) is 34.6 Å². The van der Waals surface area contributed by atoms with Gasteiger partial charge in [0.15, 0.2) is 0 Å². The number of nitrogens with one attached hydrogen (secondary N) is 1. The van der Waals surface area contributed by atoms with Crippen LogP contribution in [0.4, 0.5) is 4.39 Å². The number of carbonyl (C=O) groups excluding carboxylic acids is 2. The number of amides is 2. The number of rotatable bonds is 2. The smallest absolute Gasteiger partial charge is 0.242 e. The zero-order chi connectivity index (χ0) is 13.1. The first-order chi connectivity index (χ1) is 8.56. The van der Waals surface area contributed by atoms with Gasteiger partial charge >= 0.3 is 0 Å². The summed E-state index contributed by atoms with van der Waals surface area (Å²) in [6, 6.07) is 4.33. The molecule has 1 N–H and O–H groups in total. The number of hydrogen-bond acceptors (Lipinski definition) is 2. The zero-order valence-corrected chi connectivity index (χ0v) is 10.3. The number of halogens is 2. The lowest BCUT2D eigenvalue weighted by Gasteiger charge is -2.20. The molecular formula is C12H12ClFN2O2. The molecule has 0 aliphatic carbocycles. The van der Waals surface area contributed by atoms with Crippen molar-refractivity contribution < 1.29 is 14.0 Å². The molecular weight excluding hydrogens is 259 g/mol. The highest BCUT2D eigenvalue weighted by molar-refractivity contribution is 6.30. The van der Waals surface area contributed by atoms with Crippen LogP contribution < -0.4 is 5.32 Å². The minimum absolute atomic E-state index is 0.0337. The van der Waals surface area contributed by atoms with E-state index in [4.69, 9.17) is 11.6 Å². The SMILES string of the molecule is O=C1CCN(Cc2ccc(Cl)cc2F)C(=O)CN1. The topological polar surface area (TPSA) is 49.4 Å². The summed E-state index contributed by atoms with van der Waals surface area (Å²) >= 11 is 5.66. The van der Waals surface area contributed by atoms with E-state index in [0.29, 0.717) is 17.1 Å². The Hall–Kier alpha value is -1.62. The Kier molecular flexibility index (Phi) is 3.81. The first-order valence-electron chi connectivity index (χ1n) is 5.54. The average molecular weight is 271 g/mol. The van der Waals surface area contributed by atoms with Gasteiger partial charge in [0, 0.05) is 30.1 Å². The van der Waals surface area contributed by atoms with Crippen LogP contribution in [0.15, 0.2) is 18.2 Å². The summed E-state index contributed by atoms with van der Waals surface area (Å²) in [4.78, 5) is 24.3. The molecule has 1 aliphatic rings. The predicted octanol–water partition coefficient (Wildman–Crippen LogP) is 1.33. The highest BCUT2D eigenvalue weighted by atomic mass is 35.5. The Morgan fingerprint density at radius 1 is 1.39 bits per heavy atom. The molecule has 6 heteroatoms. The lowest BCUT2D eigenvalue weighted by Crippen LogP contribution is -2.34. The molecule has 1 saturated heterocycles. The van der Waals surface area contributed by atoms with Crippen molar-refractivity contribution in [2.75, 3.05) is 13.1 Å². The Bertz CT molecular complexity index is 493. The van der Waals surface area contributed by atoms with Crippen LogP contribution >= 0.6 is 11.6 Å². The maximum absolute atomic E-state index is 13.6. The quantitative estimate of drug-likeness (QED) is 0.881. The molecule has 1 fully saturated rings. The van der Waals surface area contributed by atoms with Gasteiger partial charge in [-0.1, -0.05) is 17.7 Å². The molecule has 1 aromatic rings. The van der Waals surface area contributed by atoms with Crippen molar-refractivity contribution in [1.82, 2.24) is 10.2 Å². The third-order valence-corrected chi connectivity index (χ3v) is 3.01. The Balaban J connectivity index is 2.12. The van der Waals surface area contributed by atoms with E-state index in [-0.39, 0.29) is 31.3 Å². The van der Waals surface area contributed by atoms with Gasteiger partial charge in [-0.2, -0.15) is 0 Å². The lowest BCUT2D eigenvalue weighted by molar-refractivity contribution is -0.130. The van der Waals surface area contributed by atoms with Gasteiger partial charge < -0.3 is 10.2 Å². The average Bonchev–Trinajstić information content (AvgIpc) is 2.47. The third-order valence-electron chi connectivity index (χ3n) is 2.77. The van der Waals surface area contributed by atoms with E-state index >= 15 is 0 Å². The molecule has 0 saturated carbocycles. The van der Waals surface area contributed by atoms with Crippen LogP contribution in [0.2, 0.25) is 5.02 Å². The Labute approximate surface area is 109 Å². The largest absolute Gasteiger partial charge is 0.347 e. The standard InChI is InChI=1S/C12H12ClFN2O2/c13-9-2-1-8(10(14)5-9)7-16-4-3-11(17)15-6-12(16)18/h1-2,5H,3-4,6-7H2,(H,15,17). The number of hydrogen-bond donors (Lipinski definition) is 1. The van der Waals surface area contributed by atoms with Crippen LogP contribution in [-0.4, -0.2) is 29.8 Å². The first-order valence-corrected chi connectivity index (χ1v) is 5.92. The van der Waals surface area contributed by atoms with Crippen LogP contribution in [0.3, 0.4) is 0 Å². The van der Waals surface area contributed by atoms with Crippen LogP contribution in [0.1, 0.15) is 12.0 Å². The van der Waals surface area contributed by atoms with Crippen LogP contribution in [0.5, 0.6) is 0 Å². The molecule has 0 unspecified atom stereocenters. The van der Waals surface area contributed by atoms with E-state index in [1.54, 1.807) is 12.1 Å². The second-order valence-corrected chi connectivity index (χ2v) is 4.51. The van der Waals surface area contributed by atoms with E-state index in [1.165, 1.54) is 11.0 Å². The predicted molar refractivity (Wildman–Crippen MR) is 64.5 cm³/mol. The number of nitrogens with zero attached hydrogens (tertiary/aromatic N) is 1. The van der Waals surface area contributed by atoms with Gasteiger partial charge in [0.1, 0.15) is 5.82 Å². The van der Waals surface area contributed by atoms with Crippen molar-refractivity contribution in [3.8, 4) is 0 Å². The Morgan fingerprint density at radius 2 is 2.17 bits per heavy atom. The van der Waals surface area contributed by atoms with Gasteiger partial charge in [0.25, 0.3) is 0 Å². The number of carbonyl (C=O) groups is 2. The van der Waals surface area contributed by atoms with Crippen LogP contribution in [0.25, 0.3) is 0 Å². The molecule has 0 radical (unpaired) electrons. The normalized spacial score (nSPS) is 16.4. The summed E-state index contributed by atoms with van der Waals surface area (Å²) in [5, 5.41) is 2.80. The molecule has 1 aliphatic heterocycles. The fraction of sp³-hybridized carbons (Fsp3) is 0.333. The maximum atomic E-state index is 13.6. The van der Waals surface area contributed by atoms with Crippen molar-refractivity contribution in [1.29, 1.82) is 0 Å². The molecule has 4 nitrogen and oxygen atoms in total. The zero-order valence-electron chi connectivity index (χ0n) is 9.58. The fourth-order valence-electron chi connectivity index (χ4n) is 1.76. The van der Waals surface area contributed by atoms with Gasteiger partial charge in [-0.3, -0.25) is 9.59 Å². The van der Waals surface area contributed by atoms with E-state index in [0.717, 1.165) is 0 Å². The number of benzene rings is 1. The molecule has 0 spiro atoms. The second kappa shape index (κ2) is 5.35. The molecule has 2 rings (SSSR count). The van der Waals surface area contributed by atoms with Crippen LogP contribution in [-0.2, 0) is 16.1 Å².